The maximum absolute atomic E-state index is 12.6. The molecule has 1 aromatic heterocycles. The third-order valence-electron chi connectivity index (χ3n) is 4.49. The molecule has 1 saturated heterocycles. The summed E-state index contributed by atoms with van der Waals surface area (Å²) in [6.45, 7) is 3.05. The molecule has 1 aliphatic rings. The first-order valence-electron chi connectivity index (χ1n) is 8.51. The molecule has 3 aromatic rings. The molecule has 4 nitrogen and oxygen atoms in total. The molecule has 132 valence electrons. The van der Waals surface area contributed by atoms with E-state index >= 15 is 0 Å². The summed E-state index contributed by atoms with van der Waals surface area (Å²) in [5.74, 6) is 0.0984. The number of hydrogen-bond acceptors (Lipinski definition) is 4. The average molecular weight is 428 g/mol. The summed E-state index contributed by atoms with van der Waals surface area (Å²) in [5, 5.41) is 3.13. The molecule has 0 unspecified atom stereocenters. The van der Waals surface area contributed by atoms with Crippen molar-refractivity contribution in [1.29, 1.82) is 0 Å². The van der Waals surface area contributed by atoms with Gasteiger partial charge >= 0.3 is 0 Å². The summed E-state index contributed by atoms with van der Waals surface area (Å²) in [6, 6.07) is 17.8. The zero-order valence-electron chi connectivity index (χ0n) is 14.1. The number of rotatable bonds is 3. The predicted molar refractivity (Wildman–Crippen MR) is 110 cm³/mol. The van der Waals surface area contributed by atoms with E-state index in [0.717, 1.165) is 52.6 Å². The minimum atomic E-state index is 0.0984. The molecule has 0 N–H and O–H groups in total. The number of thiazole rings is 1. The van der Waals surface area contributed by atoms with Gasteiger partial charge in [0.2, 0.25) is 0 Å². The van der Waals surface area contributed by atoms with Gasteiger partial charge in [0.25, 0.3) is 5.91 Å². The molecule has 0 saturated carbocycles. The summed E-state index contributed by atoms with van der Waals surface area (Å²) in [5.41, 5.74) is 2.89. The predicted octanol–water partition coefficient (Wildman–Crippen LogP) is 4.54. The van der Waals surface area contributed by atoms with Gasteiger partial charge in [-0.05, 0) is 24.3 Å². The molecule has 1 aliphatic heterocycles. The van der Waals surface area contributed by atoms with E-state index in [0.29, 0.717) is 0 Å². The first-order valence-corrected chi connectivity index (χ1v) is 10.2. The summed E-state index contributed by atoms with van der Waals surface area (Å²) in [4.78, 5) is 21.6. The average Bonchev–Trinajstić information content (AvgIpc) is 3.19. The van der Waals surface area contributed by atoms with Crippen molar-refractivity contribution in [2.45, 2.75) is 0 Å². The highest BCUT2D eigenvalue weighted by Crippen LogP contribution is 2.28. The van der Waals surface area contributed by atoms with Crippen molar-refractivity contribution in [3.63, 3.8) is 0 Å². The maximum Gasteiger partial charge on any atom is 0.253 e. The maximum atomic E-state index is 12.6. The van der Waals surface area contributed by atoms with Crippen LogP contribution in [0.4, 0.5) is 5.13 Å². The number of piperazine rings is 1. The lowest BCUT2D eigenvalue weighted by Gasteiger charge is -2.34. The number of carbonyl (C=O) groups excluding carboxylic acids is 1. The third kappa shape index (κ3) is 3.66. The topological polar surface area (TPSA) is 36.4 Å². The molecule has 0 spiro atoms. The second-order valence-electron chi connectivity index (χ2n) is 6.17. The van der Waals surface area contributed by atoms with Crippen LogP contribution in [-0.4, -0.2) is 42.0 Å². The normalized spacial score (nSPS) is 14.5. The second kappa shape index (κ2) is 7.60. The molecule has 1 amide bonds. The first kappa shape index (κ1) is 17.2. The number of halogens is 1. The van der Waals surface area contributed by atoms with Gasteiger partial charge in [0.15, 0.2) is 5.13 Å². The lowest BCUT2D eigenvalue weighted by atomic mass is 10.2. The first-order chi connectivity index (χ1) is 12.7. The van der Waals surface area contributed by atoms with Gasteiger partial charge in [-0.3, -0.25) is 4.79 Å². The highest BCUT2D eigenvalue weighted by molar-refractivity contribution is 9.10. The van der Waals surface area contributed by atoms with Gasteiger partial charge in [-0.1, -0.05) is 46.3 Å². The van der Waals surface area contributed by atoms with Crippen LogP contribution in [0.2, 0.25) is 0 Å². The fourth-order valence-corrected chi connectivity index (χ4v) is 4.18. The largest absolute Gasteiger partial charge is 0.345 e. The van der Waals surface area contributed by atoms with E-state index in [1.807, 2.05) is 47.4 Å². The summed E-state index contributed by atoms with van der Waals surface area (Å²) in [7, 11) is 0. The Morgan fingerprint density at radius 3 is 2.35 bits per heavy atom. The van der Waals surface area contributed by atoms with Crippen LogP contribution in [0, 0.1) is 0 Å². The number of amides is 1. The standard InChI is InChI=1S/C20H18BrN3OS/c21-17-8-6-16(7-9-17)19(25)23-10-12-24(13-11-23)20-22-18(14-26-20)15-4-2-1-3-5-15/h1-9,14H,10-13H2. The summed E-state index contributed by atoms with van der Waals surface area (Å²) in [6.07, 6.45) is 0. The van der Waals surface area contributed by atoms with Crippen LogP contribution in [-0.2, 0) is 0 Å². The minimum Gasteiger partial charge on any atom is -0.345 e. The van der Waals surface area contributed by atoms with Crippen molar-refractivity contribution in [2.24, 2.45) is 0 Å². The fraction of sp³-hybridized carbons (Fsp3) is 0.200. The van der Waals surface area contributed by atoms with Crippen LogP contribution in [0.1, 0.15) is 10.4 Å². The smallest absolute Gasteiger partial charge is 0.253 e. The Kier molecular flexibility index (Phi) is 5.04. The van der Waals surface area contributed by atoms with Gasteiger partial charge in [0.05, 0.1) is 5.69 Å². The SMILES string of the molecule is O=C(c1ccc(Br)cc1)N1CCN(c2nc(-c3ccccc3)cs2)CC1. The molecule has 2 heterocycles. The van der Waals surface area contributed by atoms with Crippen LogP contribution < -0.4 is 4.90 Å². The van der Waals surface area contributed by atoms with Gasteiger partial charge < -0.3 is 9.80 Å². The van der Waals surface area contributed by atoms with Crippen molar-refractivity contribution in [3.8, 4) is 11.3 Å². The molecule has 4 rings (SSSR count). The van der Waals surface area contributed by atoms with Crippen LogP contribution in [0.3, 0.4) is 0 Å². The zero-order chi connectivity index (χ0) is 17.9. The molecule has 2 aromatic carbocycles. The minimum absolute atomic E-state index is 0.0984. The highest BCUT2D eigenvalue weighted by Gasteiger charge is 2.23. The van der Waals surface area contributed by atoms with E-state index in [1.54, 1.807) is 11.3 Å². The monoisotopic (exact) mass is 427 g/mol. The molecule has 0 atom stereocenters. The highest BCUT2D eigenvalue weighted by atomic mass is 79.9. The molecule has 0 aliphatic carbocycles. The quantitative estimate of drug-likeness (QED) is 0.615. The van der Waals surface area contributed by atoms with Gasteiger partial charge in [-0.15, -0.1) is 11.3 Å². The third-order valence-corrected chi connectivity index (χ3v) is 5.92. The van der Waals surface area contributed by atoms with Gasteiger partial charge in [0, 0.05) is 47.2 Å². The van der Waals surface area contributed by atoms with Gasteiger partial charge in [-0.2, -0.15) is 0 Å². The Balaban J connectivity index is 1.40. The number of hydrogen-bond donors (Lipinski definition) is 0. The molecular formula is C20H18BrN3OS. The van der Waals surface area contributed by atoms with Crippen LogP contribution in [0.25, 0.3) is 11.3 Å². The fourth-order valence-electron chi connectivity index (χ4n) is 3.03. The van der Waals surface area contributed by atoms with Gasteiger partial charge in [-0.25, -0.2) is 4.98 Å². The van der Waals surface area contributed by atoms with E-state index in [-0.39, 0.29) is 5.91 Å². The van der Waals surface area contributed by atoms with Crippen molar-refractivity contribution >= 4 is 38.3 Å². The van der Waals surface area contributed by atoms with Crippen molar-refractivity contribution in [3.05, 3.63) is 70.0 Å². The van der Waals surface area contributed by atoms with E-state index in [1.165, 1.54) is 0 Å². The van der Waals surface area contributed by atoms with Crippen LogP contribution in [0.5, 0.6) is 0 Å². The lowest BCUT2D eigenvalue weighted by Crippen LogP contribution is -2.48. The van der Waals surface area contributed by atoms with Crippen molar-refractivity contribution in [1.82, 2.24) is 9.88 Å². The number of nitrogens with zero attached hydrogens (tertiary/aromatic N) is 3. The molecule has 0 radical (unpaired) electrons. The van der Waals surface area contributed by atoms with Crippen LogP contribution >= 0.6 is 27.3 Å². The Morgan fingerprint density at radius 2 is 1.65 bits per heavy atom. The molecular weight excluding hydrogens is 410 g/mol. The Hall–Kier alpha value is -2.18. The summed E-state index contributed by atoms with van der Waals surface area (Å²) >= 11 is 5.07. The Bertz CT molecular complexity index is 887. The number of benzene rings is 2. The molecule has 1 fully saturated rings. The second-order valence-corrected chi connectivity index (χ2v) is 7.92. The lowest BCUT2D eigenvalue weighted by molar-refractivity contribution is 0.0747. The van der Waals surface area contributed by atoms with E-state index in [2.05, 4.69) is 38.3 Å². The zero-order valence-corrected chi connectivity index (χ0v) is 16.5. The number of anilines is 1. The van der Waals surface area contributed by atoms with Crippen LogP contribution in [0.15, 0.2) is 64.5 Å². The van der Waals surface area contributed by atoms with Gasteiger partial charge in [0.1, 0.15) is 0 Å². The van der Waals surface area contributed by atoms with Crippen molar-refractivity contribution < 1.29 is 4.79 Å². The number of aromatic nitrogens is 1. The van der Waals surface area contributed by atoms with E-state index in [4.69, 9.17) is 4.98 Å². The van der Waals surface area contributed by atoms with Crippen molar-refractivity contribution in [2.75, 3.05) is 31.1 Å². The molecule has 26 heavy (non-hydrogen) atoms. The Labute approximate surface area is 165 Å². The molecule has 6 heteroatoms. The summed E-state index contributed by atoms with van der Waals surface area (Å²) < 4.78 is 0.983. The van der Waals surface area contributed by atoms with E-state index < -0.39 is 0 Å². The Morgan fingerprint density at radius 1 is 0.962 bits per heavy atom. The van der Waals surface area contributed by atoms with E-state index in [9.17, 15) is 4.79 Å². The molecule has 0 bridgehead atoms. The number of carbonyl (C=O) groups is 1.